The van der Waals surface area contributed by atoms with Crippen molar-refractivity contribution in [2.75, 3.05) is 0 Å². The molecule has 0 fully saturated rings. The molecule has 27 heavy (non-hydrogen) atoms. The smallest absolute Gasteiger partial charge is 0.213 e. The van der Waals surface area contributed by atoms with Gasteiger partial charge in [0.2, 0.25) is 6.23 Å². The molecule has 3 nitrogen and oxygen atoms in total. The van der Waals surface area contributed by atoms with Gasteiger partial charge in [-0.25, -0.2) is 5.01 Å². The maximum atomic E-state index is 6.36. The van der Waals surface area contributed by atoms with Gasteiger partial charge in [0.05, 0.1) is 11.8 Å². The molecule has 0 aromatic heterocycles. The molecule has 5 heteroatoms. The number of hydrazone groups is 1. The van der Waals surface area contributed by atoms with Gasteiger partial charge < -0.3 is 4.74 Å². The molecule has 0 unspecified atom stereocenters. The molecule has 2 heterocycles. The minimum absolute atomic E-state index is 0.161. The van der Waals surface area contributed by atoms with Crippen LogP contribution in [0.15, 0.2) is 82.4 Å². The van der Waals surface area contributed by atoms with Crippen molar-refractivity contribution >= 4 is 33.2 Å². The molecule has 3 aromatic carbocycles. The first-order valence-electron chi connectivity index (χ1n) is 8.82. The lowest BCUT2D eigenvalue weighted by molar-refractivity contribution is -0.0190. The largest absolute Gasteiger partial charge is 0.464 e. The molecule has 0 amide bonds. The first-order valence-corrected chi connectivity index (χ1v) is 9.99. The number of halogens is 2. The zero-order valence-electron chi connectivity index (χ0n) is 14.3. The van der Waals surface area contributed by atoms with Gasteiger partial charge in [-0.2, -0.15) is 5.10 Å². The molecule has 5 rings (SSSR count). The fraction of sp³-hybridized carbons (Fsp3) is 0.136. The van der Waals surface area contributed by atoms with E-state index in [0.29, 0.717) is 0 Å². The topological polar surface area (TPSA) is 24.8 Å². The summed E-state index contributed by atoms with van der Waals surface area (Å²) in [5.74, 6) is 0.930. The fourth-order valence-electron chi connectivity index (χ4n) is 3.70. The highest BCUT2D eigenvalue weighted by atomic mass is 79.9. The average Bonchev–Trinajstić information content (AvgIpc) is 3.14. The SMILES string of the molecule is Clc1ccc(C2=NN3[C@H](C2)c2ccccc2O[C@@H]3c2ccc(Br)cc2)cc1. The highest BCUT2D eigenvalue weighted by Gasteiger charge is 2.40. The van der Waals surface area contributed by atoms with E-state index in [2.05, 4.69) is 45.2 Å². The number of hydrogen-bond acceptors (Lipinski definition) is 3. The number of rotatable bonds is 2. The van der Waals surface area contributed by atoms with Gasteiger partial charge in [-0.1, -0.05) is 70.0 Å². The summed E-state index contributed by atoms with van der Waals surface area (Å²) in [6.07, 6.45) is 0.595. The number of ether oxygens (including phenoxy) is 1. The van der Waals surface area contributed by atoms with E-state index in [-0.39, 0.29) is 12.3 Å². The van der Waals surface area contributed by atoms with E-state index in [0.717, 1.165) is 38.5 Å². The minimum atomic E-state index is -0.247. The van der Waals surface area contributed by atoms with Gasteiger partial charge in [-0.15, -0.1) is 0 Å². The van der Waals surface area contributed by atoms with Crippen molar-refractivity contribution in [3.8, 4) is 5.75 Å². The van der Waals surface area contributed by atoms with Crippen molar-refractivity contribution in [3.05, 3.63) is 99.0 Å². The predicted octanol–water partition coefficient (Wildman–Crippen LogP) is 6.34. The van der Waals surface area contributed by atoms with Gasteiger partial charge in [0.1, 0.15) is 5.75 Å². The Bertz CT molecular complexity index is 1020. The van der Waals surface area contributed by atoms with Crippen LogP contribution < -0.4 is 4.74 Å². The van der Waals surface area contributed by atoms with E-state index in [1.54, 1.807) is 0 Å². The van der Waals surface area contributed by atoms with Gasteiger partial charge >= 0.3 is 0 Å². The number of nitrogens with zero attached hydrogens (tertiary/aromatic N) is 2. The summed E-state index contributed by atoms with van der Waals surface area (Å²) in [4.78, 5) is 0. The third kappa shape index (κ3) is 3.03. The summed E-state index contributed by atoms with van der Waals surface area (Å²) in [6.45, 7) is 0. The van der Waals surface area contributed by atoms with Crippen molar-refractivity contribution in [1.29, 1.82) is 0 Å². The van der Waals surface area contributed by atoms with Crippen LogP contribution in [-0.4, -0.2) is 10.7 Å². The van der Waals surface area contributed by atoms with Gasteiger partial charge in [0.25, 0.3) is 0 Å². The second kappa shape index (κ2) is 6.70. The summed E-state index contributed by atoms with van der Waals surface area (Å²) >= 11 is 9.55. The zero-order valence-corrected chi connectivity index (χ0v) is 16.7. The molecule has 2 aliphatic heterocycles. The summed E-state index contributed by atoms with van der Waals surface area (Å²) in [7, 11) is 0. The van der Waals surface area contributed by atoms with E-state index in [1.165, 1.54) is 5.56 Å². The molecule has 3 aromatic rings. The fourth-order valence-corrected chi connectivity index (χ4v) is 4.09. The van der Waals surface area contributed by atoms with E-state index in [9.17, 15) is 0 Å². The van der Waals surface area contributed by atoms with E-state index >= 15 is 0 Å². The molecule has 0 saturated carbocycles. The highest BCUT2D eigenvalue weighted by Crippen LogP contribution is 2.47. The third-order valence-corrected chi connectivity index (χ3v) is 5.81. The van der Waals surface area contributed by atoms with Crippen molar-refractivity contribution in [2.45, 2.75) is 18.7 Å². The van der Waals surface area contributed by atoms with Crippen LogP contribution in [0.2, 0.25) is 5.02 Å². The molecule has 2 aliphatic rings. The molecular formula is C22H16BrClN2O. The molecule has 0 radical (unpaired) electrons. The van der Waals surface area contributed by atoms with Crippen LogP contribution in [0.4, 0.5) is 0 Å². The lowest BCUT2D eigenvalue weighted by Crippen LogP contribution is -2.33. The Morgan fingerprint density at radius 3 is 2.48 bits per heavy atom. The molecule has 0 bridgehead atoms. The summed E-state index contributed by atoms with van der Waals surface area (Å²) in [6, 6.07) is 24.5. The van der Waals surface area contributed by atoms with Crippen LogP contribution in [0.3, 0.4) is 0 Å². The van der Waals surface area contributed by atoms with Gasteiger partial charge in [0, 0.05) is 27.0 Å². The Kier molecular flexibility index (Phi) is 4.18. The lowest BCUT2D eigenvalue weighted by Gasteiger charge is -2.38. The van der Waals surface area contributed by atoms with Crippen LogP contribution in [0, 0.1) is 0 Å². The number of benzene rings is 3. The zero-order chi connectivity index (χ0) is 18.4. The molecule has 2 atom stereocenters. The summed E-state index contributed by atoms with van der Waals surface area (Å²) in [5, 5.41) is 7.78. The molecule has 0 aliphatic carbocycles. The minimum Gasteiger partial charge on any atom is -0.464 e. The molecule has 0 spiro atoms. The van der Waals surface area contributed by atoms with E-state index < -0.39 is 0 Å². The van der Waals surface area contributed by atoms with Crippen LogP contribution in [-0.2, 0) is 0 Å². The van der Waals surface area contributed by atoms with Crippen molar-refractivity contribution in [3.63, 3.8) is 0 Å². The maximum absolute atomic E-state index is 6.36. The monoisotopic (exact) mass is 438 g/mol. The standard InChI is InChI=1S/C22H16BrClN2O/c23-16-9-5-15(6-10-16)22-26-20(18-3-1-2-4-21(18)27-22)13-19(25-26)14-7-11-17(24)12-8-14/h1-12,20,22H,13H2/t20-,22-/m1/s1. The summed E-state index contributed by atoms with van der Waals surface area (Å²) < 4.78 is 7.40. The van der Waals surface area contributed by atoms with Gasteiger partial charge in [-0.3, -0.25) is 0 Å². The van der Waals surface area contributed by atoms with Crippen LogP contribution in [0.1, 0.15) is 35.4 Å². The average molecular weight is 440 g/mol. The maximum Gasteiger partial charge on any atom is 0.213 e. The Hall–Kier alpha value is -2.30. The first-order chi connectivity index (χ1) is 13.2. The van der Waals surface area contributed by atoms with E-state index in [4.69, 9.17) is 21.4 Å². The number of para-hydroxylation sites is 1. The van der Waals surface area contributed by atoms with Crippen molar-refractivity contribution in [2.24, 2.45) is 5.10 Å². The predicted molar refractivity (Wildman–Crippen MR) is 111 cm³/mol. The van der Waals surface area contributed by atoms with E-state index in [1.807, 2.05) is 48.5 Å². The van der Waals surface area contributed by atoms with Gasteiger partial charge in [-0.05, 0) is 35.9 Å². The lowest BCUT2D eigenvalue weighted by atomic mass is 9.96. The van der Waals surface area contributed by atoms with Crippen LogP contribution in [0.25, 0.3) is 0 Å². The van der Waals surface area contributed by atoms with Gasteiger partial charge in [0.15, 0.2) is 0 Å². The normalized spacial score (nSPS) is 20.5. The first kappa shape index (κ1) is 16.8. The molecule has 134 valence electrons. The third-order valence-electron chi connectivity index (χ3n) is 5.03. The Balaban J connectivity index is 1.58. The van der Waals surface area contributed by atoms with Crippen molar-refractivity contribution < 1.29 is 4.74 Å². The molecule has 0 saturated heterocycles. The summed E-state index contributed by atoms with van der Waals surface area (Å²) in [5.41, 5.74) is 4.41. The number of fused-ring (bicyclic) bond motifs is 3. The Labute approximate surface area is 171 Å². The number of hydrogen-bond donors (Lipinski definition) is 0. The van der Waals surface area contributed by atoms with Crippen LogP contribution in [0.5, 0.6) is 5.75 Å². The van der Waals surface area contributed by atoms with Crippen LogP contribution >= 0.6 is 27.5 Å². The second-order valence-electron chi connectivity index (χ2n) is 6.71. The molecule has 0 N–H and O–H groups in total. The Morgan fingerprint density at radius 2 is 1.70 bits per heavy atom. The van der Waals surface area contributed by atoms with Crippen molar-refractivity contribution in [1.82, 2.24) is 5.01 Å². The Morgan fingerprint density at radius 1 is 0.963 bits per heavy atom. The molecular weight excluding hydrogens is 424 g/mol. The quantitative estimate of drug-likeness (QED) is 0.465. The second-order valence-corrected chi connectivity index (χ2v) is 8.07. The highest BCUT2D eigenvalue weighted by molar-refractivity contribution is 9.10.